The Morgan fingerprint density at radius 2 is 1.62 bits per heavy atom. The van der Waals surface area contributed by atoms with Crippen LogP contribution in [0.1, 0.15) is 72.2 Å². The van der Waals surface area contributed by atoms with Gasteiger partial charge in [0, 0.05) is 5.56 Å². The first-order valence-electron chi connectivity index (χ1n) is 11.5. The average molecular weight is 470 g/mol. The van der Waals surface area contributed by atoms with Crippen molar-refractivity contribution in [3.8, 4) is 16.9 Å². The zero-order valence-corrected chi connectivity index (χ0v) is 19.5. The molecule has 0 heterocycles. The number of nitrogens with two attached hydrogens (primary N) is 1. The molecular weight excluding hydrogens is 439 g/mol. The maximum Gasteiger partial charge on any atom is 0.416 e. The Kier molecular flexibility index (Phi) is 8.37. The summed E-state index contributed by atoms with van der Waals surface area (Å²) in [4.78, 5) is 11.4. The van der Waals surface area contributed by atoms with E-state index < -0.39 is 17.6 Å². The minimum atomic E-state index is -4.35. The van der Waals surface area contributed by atoms with Gasteiger partial charge in [-0.1, -0.05) is 56.5 Å². The maximum atomic E-state index is 12.9. The average Bonchev–Trinajstić information content (AvgIpc) is 2.81. The van der Waals surface area contributed by atoms with Gasteiger partial charge in [-0.25, -0.2) is 0 Å². The molecule has 6 heteroatoms. The van der Waals surface area contributed by atoms with Crippen LogP contribution in [0.4, 0.5) is 13.2 Å². The molecule has 1 unspecified atom stereocenters. The van der Waals surface area contributed by atoms with E-state index >= 15 is 0 Å². The summed E-state index contributed by atoms with van der Waals surface area (Å²) in [6.45, 7) is 4.08. The number of carbonyl (C=O) groups excluding carboxylic acids is 1. The van der Waals surface area contributed by atoms with Crippen LogP contribution in [0.3, 0.4) is 0 Å². The van der Waals surface area contributed by atoms with Crippen LogP contribution in [-0.4, -0.2) is 5.91 Å². The molecule has 3 rings (SSSR count). The molecule has 0 fully saturated rings. The maximum absolute atomic E-state index is 12.9. The van der Waals surface area contributed by atoms with E-state index in [0.29, 0.717) is 11.3 Å². The van der Waals surface area contributed by atoms with Crippen LogP contribution >= 0.6 is 0 Å². The lowest BCUT2D eigenvalue weighted by Crippen LogP contribution is -2.12. The molecule has 3 nitrogen and oxygen atoms in total. The molecule has 0 aliphatic carbocycles. The van der Waals surface area contributed by atoms with Crippen molar-refractivity contribution in [3.05, 3.63) is 89.0 Å². The summed E-state index contributed by atoms with van der Waals surface area (Å²) in [6.07, 6.45) is 0.718. The molecule has 1 atom stereocenters. The second kappa shape index (κ2) is 11.2. The molecule has 180 valence electrons. The Bertz CT molecular complexity index is 1090. The lowest BCUT2D eigenvalue weighted by molar-refractivity contribution is -0.137. The molecule has 3 aromatic rings. The summed E-state index contributed by atoms with van der Waals surface area (Å²) in [5.74, 6) is 0.217. The summed E-state index contributed by atoms with van der Waals surface area (Å²) < 4.78 is 45.0. The minimum Gasteiger partial charge on any atom is -0.486 e. The zero-order chi connectivity index (χ0) is 24.7. The summed E-state index contributed by atoms with van der Waals surface area (Å²) in [5, 5.41) is 0. The normalized spacial score (nSPS) is 12.4. The third-order valence-corrected chi connectivity index (χ3v) is 5.89. The summed E-state index contributed by atoms with van der Waals surface area (Å²) in [5.41, 5.74) is 8.59. The van der Waals surface area contributed by atoms with Crippen LogP contribution in [0.2, 0.25) is 0 Å². The zero-order valence-electron chi connectivity index (χ0n) is 19.5. The minimum absolute atomic E-state index is 0.185. The van der Waals surface area contributed by atoms with Gasteiger partial charge in [0.2, 0.25) is 5.91 Å². The van der Waals surface area contributed by atoms with Crippen LogP contribution in [0.15, 0.2) is 66.7 Å². The van der Waals surface area contributed by atoms with E-state index in [4.69, 9.17) is 10.5 Å². The molecule has 0 saturated carbocycles. The molecule has 1 amide bonds. The van der Waals surface area contributed by atoms with Crippen molar-refractivity contribution in [1.29, 1.82) is 0 Å². The SMILES string of the molecule is CCCCCCC(Oc1ccc(-c2ccc(C(F)(F)F)cc2)c(C)c1)c1ccc(C(N)=O)cc1. The lowest BCUT2D eigenvalue weighted by atomic mass is 9.98. The number of alkyl halides is 3. The van der Waals surface area contributed by atoms with Crippen molar-refractivity contribution in [3.63, 3.8) is 0 Å². The van der Waals surface area contributed by atoms with Gasteiger partial charge < -0.3 is 10.5 Å². The third kappa shape index (κ3) is 6.62. The Balaban J connectivity index is 1.80. The van der Waals surface area contributed by atoms with E-state index in [-0.39, 0.29) is 6.10 Å². The van der Waals surface area contributed by atoms with Crippen LogP contribution < -0.4 is 10.5 Å². The third-order valence-electron chi connectivity index (χ3n) is 5.89. The molecule has 0 radical (unpaired) electrons. The summed E-state index contributed by atoms with van der Waals surface area (Å²) >= 11 is 0. The van der Waals surface area contributed by atoms with Crippen molar-refractivity contribution < 1.29 is 22.7 Å². The second-order valence-corrected chi connectivity index (χ2v) is 8.49. The molecule has 0 spiro atoms. The fraction of sp³-hybridized carbons (Fsp3) is 0.321. The largest absolute Gasteiger partial charge is 0.486 e. The van der Waals surface area contributed by atoms with E-state index in [9.17, 15) is 18.0 Å². The first-order chi connectivity index (χ1) is 16.2. The number of hydrogen-bond donors (Lipinski definition) is 1. The first-order valence-corrected chi connectivity index (χ1v) is 11.5. The van der Waals surface area contributed by atoms with Crippen molar-refractivity contribution in [2.24, 2.45) is 5.73 Å². The van der Waals surface area contributed by atoms with Crippen LogP contribution in [0, 0.1) is 6.92 Å². The van der Waals surface area contributed by atoms with Crippen molar-refractivity contribution in [2.45, 2.75) is 58.2 Å². The number of hydrogen-bond acceptors (Lipinski definition) is 2. The van der Waals surface area contributed by atoms with Gasteiger partial charge in [0.1, 0.15) is 11.9 Å². The van der Waals surface area contributed by atoms with E-state index in [2.05, 4.69) is 6.92 Å². The number of rotatable bonds is 10. The second-order valence-electron chi connectivity index (χ2n) is 8.49. The molecule has 2 N–H and O–H groups in total. The molecule has 0 aliphatic rings. The van der Waals surface area contributed by atoms with Crippen LogP contribution in [-0.2, 0) is 6.18 Å². The Morgan fingerprint density at radius 1 is 0.941 bits per heavy atom. The quantitative estimate of drug-likeness (QED) is 0.307. The fourth-order valence-electron chi connectivity index (χ4n) is 3.95. The van der Waals surface area contributed by atoms with Crippen LogP contribution in [0.25, 0.3) is 11.1 Å². The number of ether oxygens (including phenoxy) is 1. The Morgan fingerprint density at radius 3 is 2.18 bits per heavy atom. The number of benzene rings is 3. The van der Waals surface area contributed by atoms with Crippen molar-refractivity contribution in [1.82, 2.24) is 0 Å². The van der Waals surface area contributed by atoms with Gasteiger partial charge in [-0.2, -0.15) is 13.2 Å². The monoisotopic (exact) mass is 469 g/mol. The highest BCUT2D eigenvalue weighted by Crippen LogP contribution is 2.34. The number of halogens is 3. The number of unbranched alkanes of at least 4 members (excludes halogenated alkanes) is 3. The van der Waals surface area contributed by atoms with Gasteiger partial charge in [-0.15, -0.1) is 0 Å². The van der Waals surface area contributed by atoms with Gasteiger partial charge in [-0.05, 0) is 78.4 Å². The van der Waals surface area contributed by atoms with E-state index in [1.807, 2.05) is 37.3 Å². The van der Waals surface area contributed by atoms with Gasteiger partial charge in [0.15, 0.2) is 0 Å². The van der Waals surface area contributed by atoms with E-state index in [0.717, 1.165) is 66.5 Å². The van der Waals surface area contributed by atoms with Crippen LogP contribution in [0.5, 0.6) is 5.75 Å². The molecule has 3 aromatic carbocycles. The lowest BCUT2D eigenvalue weighted by Gasteiger charge is -2.21. The summed E-state index contributed by atoms with van der Waals surface area (Å²) in [6, 6.07) is 18.0. The molecule has 0 aromatic heterocycles. The molecule has 0 saturated heterocycles. The molecule has 0 bridgehead atoms. The van der Waals surface area contributed by atoms with Crippen molar-refractivity contribution >= 4 is 5.91 Å². The van der Waals surface area contributed by atoms with Gasteiger partial charge in [0.25, 0.3) is 0 Å². The predicted molar refractivity (Wildman–Crippen MR) is 129 cm³/mol. The number of primary amides is 1. The molecule has 0 aliphatic heterocycles. The number of carbonyl (C=O) groups is 1. The van der Waals surface area contributed by atoms with Gasteiger partial charge >= 0.3 is 6.18 Å². The van der Waals surface area contributed by atoms with E-state index in [1.165, 1.54) is 12.1 Å². The predicted octanol–water partition coefficient (Wildman–Crippen LogP) is 7.87. The number of aryl methyl sites for hydroxylation is 1. The number of amides is 1. The molecular formula is C28H30F3NO2. The highest BCUT2D eigenvalue weighted by molar-refractivity contribution is 5.92. The van der Waals surface area contributed by atoms with Crippen molar-refractivity contribution in [2.75, 3.05) is 0 Å². The van der Waals surface area contributed by atoms with Gasteiger partial charge in [0.05, 0.1) is 5.56 Å². The topological polar surface area (TPSA) is 52.3 Å². The fourth-order valence-corrected chi connectivity index (χ4v) is 3.95. The Labute approximate surface area is 198 Å². The summed E-state index contributed by atoms with van der Waals surface area (Å²) in [7, 11) is 0. The highest BCUT2D eigenvalue weighted by Gasteiger charge is 2.30. The van der Waals surface area contributed by atoms with E-state index in [1.54, 1.807) is 12.1 Å². The molecule has 34 heavy (non-hydrogen) atoms. The first kappa shape index (κ1) is 25.3. The highest BCUT2D eigenvalue weighted by atomic mass is 19.4. The standard InChI is InChI=1S/C28H30F3NO2/c1-3-4-5-6-7-26(21-8-10-22(11-9-21)27(32)33)34-24-16-17-25(19(2)18-24)20-12-14-23(15-13-20)28(29,30)31/h8-18,26H,3-7H2,1-2H3,(H2,32,33). The Hall–Kier alpha value is -3.28. The smallest absolute Gasteiger partial charge is 0.416 e. The van der Waals surface area contributed by atoms with Gasteiger partial charge in [-0.3, -0.25) is 4.79 Å².